The van der Waals surface area contributed by atoms with Crippen LogP contribution in [0.5, 0.6) is 23.0 Å². The number of hydrazone groups is 1. The molecule has 0 unspecified atom stereocenters. The molecular weight excluding hydrogens is 420 g/mol. The van der Waals surface area contributed by atoms with Crippen molar-refractivity contribution in [1.29, 1.82) is 0 Å². The van der Waals surface area contributed by atoms with Gasteiger partial charge in [-0.05, 0) is 35.4 Å². The second-order valence-electron chi connectivity index (χ2n) is 7.94. The van der Waals surface area contributed by atoms with Gasteiger partial charge >= 0.3 is 0 Å². The summed E-state index contributed by atoms with van der Waals surface area (Å²) in [6.07, 6.45) is -0.0348. The van der Waals surface area contributed by atoms with Gasteiger partial charge in [0, 0.05) is 18.1 Å². The molecule has 33 heavy (non-hydrogen) atoms. The number of aliphatic hydroxyl groups is 1. The highest BCUT2D eigenvalue weighted by molar-refractivity contribution is 6.07. The first-order chi connectivity index (χ1) is 16.2. The molecule has 0 fully saturated rings. The SMILES string of the molecule is COc1ccc(C2=NN[C@H](c3ccc4c(c3)OCCCO4)[C@@H]2O)c(OCc2ccccc2)c1. The molecule has 2 heterocycles. The third-order valence-electron chi connectivity index (χ3n) is 5.75. The molecule has 0 saturated heterocycles. The number of ether oxygens (including phenoxy) is 4. The van der Waals surface area contributed by atoms with Crippen molar-refractivity contribution in [3.8, 4) is 23.0 Å². The van der Waals surface area contributed by atoms with Crippen LogP contribution in [0.3, 0.4) is 0 Å². The van der Waals surface area contributed by atoms with Gasteiger partial charge in [0.2, 0.25) is 0 Å². The van der Waals surface area contributed by atoms with Crippen LogP contribution in [0, 0.1) is 0 Å². The Hall–Kier alpha value is -3.71. The third-order valence-corrected chi connectivity index (χ3v) is 5.75. The molecule has 3 aromatic rings. The molecule has 5 rings (SSSR count). The van der Waals surface area contributed by atoms with E-state index in [1.165, 1.54) is 0 Å². The van der Waals surface area contributed by atoms with Gasteiger partial charge in [-0.25, -0.2) is 0 Å². The van der Waals surface area contributed by atoms with E-state index in [2.05, 4.69) is 10.5 Å². The van der Waals surface area contributed by atoms with Crippen LogP contribution in [0.4, 0.5) is 0 Å². The lowest BCUT2D eigenvalue weighted by Crippen LogP contribution is -2.27. The van der Waals surface area contributed by atoms with Crippen molar-refractivity contribution in [2.45, 2.75) is 25.2 Å². The van der Waals surface area contributed by atoms with Crippen molar-refractivity contribution in [2.75, 3.05) is 20.3 Å². The quantitative estimate of drug-likeness (QED) is 0.599. The summed E-state index contributed by atoms with van der Waals surface area (Å²) in [4.78, 5) is 0. The van der Waals surface area contributed by atoms with E-state index in [0.29, 0.717) is 48.3 Å². The minimum Gasteiger partial charge on any atom is -0.497 e. The van der Waals surface area contributed by atoms with Crippen LogP contribution in [-0.2, 0) is 6.61 Å². The minimum absolute atomic E-state index is 0.392. The molecule has 0 aliphatic carbocycles. The van der Waals surface area contributed by atoms with E-state index >= 15 is 0 Å². The van der Waals surface area contributed by atoms with Crippen molar-refractivity contribution in [3.63, 3.8) is 0 Å². The van der Waals surface area contributed by atoms with Gasteiger partial charge in [-0.2, -0.15) is 5.10 Å². The Balaban J connectivity index is 1.39. The summed E-state index contributed by atoms with van der Waals surface area (Å²) >= 11 is 0. The summed E-state index contributed by atoms with van der Waals surface area (Å²) in [5, 5.41) is 15.7. The monoisotopic (exact) mass is 446 g/mol. The Kier molecular flexibility index (Phi) is 6.04. The maximum atomic E-state index is 11.2. The van der Waals surface area contributed by atoms with Crippen LogP contribution in [0.2, 0.25) is 0 Å². The van der Waals surface area contributed by atoms with Gasteiger partial charge in [0.15, 0.2) is 11.5 Å². The summed E-state index contributed by atoms with van der Waals surface area (Å²) in [7, 11) is 1.61. The molecule has 0 aromatic heterocycles. The fraction of sp³-hybridized carbons (Fsp3) is 0.269. The van der Waals surface area contributed by atoms with Crippen LogP contribution in [0.15, 0.2) is 71.8 Å². The van der Waals surface area contributed by atoms with E-state index in [1.54, 1.807) is 7.11 Å². The molecule has 0 bridgehead atoms. The second-order valence-corrected chi connectivity index (χ2v) is 7.94. The molecular formula is C26H26N2O5. The Bertz CT molecular complexity index is 1150. The first kappa shape index (κ1) is 21.2. The fourth-order valence-electron chi connectivity index (χ4n) is 3.98. The first-order valence-corrected chi connectivity index (χ1v) is 11.0. The maximum absolute atomic E-state index is 11.2. The lowest BCUT2D eigenvalue weighted by atomic mass is 9.95. The molecule has 7 nitrogen and oxygen atoms in total. The molecule has 3 aromatic carbocycles. The average molecular weight is 447 g/mol. The van der Waals surface area contributed by atoms with E-state index in [-0.39, 0.29) is 0 Å². The normalized spacial score (nSPS) is 19.3. The van der Waals surface area contributed by atoms with E-state index in [1.807, 2.05) is 66.7 Å². The van der Waals surface area contributed by atoms with Crippen LogP contribution in [0.25, 0.3) is 0 Å². The molecule has 0 spiro atoms. The number of fused-ring (bicyclic) bond motifs is 1. The van der Waals surface area contributed by atoms with E-state index in [0.717, 1.165) is 23.3 Å². The zero-order valence-corrected chi connectivity index (χ0v) is 18.4. The molecule has 2 N–H and O–H groups in total. The Morgan fingerprint density at radius 1 is 1.00 bits per heavy atom. The number of methoxy groups -OCH3 is 1. The Morgan fingerprint density at radius 3 is 2.64 bits per heavy atom. The van der Waals surface area contributed by atoms with Crippen molar-refractivity contribution < 1.29 is 24.1 Å². The molecule has 7 heteroatoms. The van der Waals surface area contributed by atoms with Gasteiger partial charge < -0.3 is 24.1 Å². The second kappa shape index (κ2) is 9.42. The Labute approximate surface area is 192 Å². The molecule has 0 amide bonds. The number of nitrogens with zero attached hydrogens (tertiary/aromatic N) is 1. The van der Waals surface area contributed by atoms with Crippen LogP contribution < -0.4 is 24.4 Å². The van der Waals surface area contributed by atoms with Crippen molar-refractivity contribution in [2.24, 2.45) is 5.10 Å². The zero-order chi connectivity index (χ0) is 22.6. The van der Waals surface area contributed by atoms with E-state index in [9.17, 15) is 5.11 Å². The number of rotatable bonds is 6. The molecule has 0 radical (unpaired) electrons. The highest BCUT2D eigenvalue weighted by Gasteiger charge is 2.34. The third kappa shape index (κ3) is 4.45. The zero-order valence-electron chi connectivity index (χ0n) is 18.4. The number of nitrogens with one attached hydrogen (secondary N) is 1. The van der Waals surface area contributed by atoms with E-state index in [4.69, 9.17) is 18.9 Å². The fourth-order valence-corrected chi connectivity index (χ4v) is 3.98. The van der Waals surface area contributed by atoms with Gasteiger partial charge in [-0.3, -0.25) is 5.43 Å². The molecule has 2 atom stereocenters. The average Bonchev–Trinajstić information content (AvgIpc) is 3.08. The number of hydrogen-bond donors (Lipinski definition) is 2. The summed E-state index contributed by atoms with van der Waals surface area (Å²) in [6, 6.07) is 20.7. The summed E-state index contributed by atoms with van der Waals surface area (Å²) < 4.78 is 23.0. The summed E-state index contributed by atoms with van der Waals surface area (Å²) in [5.74, 6) is 2.67. The number of aliphatic hydroxyl groups excluding tert-OH is 1. The predicted octanol–water partition coefficient (Wildman–Crippen LogP) is 3.85. The van der Waals surface area contributed by atoms with Crippen LogP contribution in [-0.4, -0.2) is 37.2 Å². The smallest absolute Gasteiger partial charge is 0.161 e. The number of benzene rings is 3. The lowest BCUT2D eigenvalue weighted by Gasteiger charge is -2.19. The predicted molar refractivity (Wildman–Crippen MR) is 124 cm³/mol. The van der Waals surface area contributed by atoms with Crippen molar-refractivity contribution in [1.82, 2.24) is 5.43 Å². The van der Waals surface area contributed by atoms with Crippen molar-refractivity contribution >= 4 is 5.71 Å². The van der Waals surface area contributed by atoms with Gasteiger partial charge in [0.25, 0.3) is 0 Å². The molecule has 170 valence electrons. The van der Waals surface area contributed by atoms with Gasteiger partial charge in [-0.15, -0.1) is 0 Å². The minimum atomic E-state index is -0.873. The lowest BCUT2D eigenvalue weighted by molar-refractivity contribution is 0.206. The van der Waals surface area contributed by atoms with Crippen LogP contribution in [0.1, 0.15) is 29.2 Å². The standard InChI is InChI=1S/C26H26N2O5/c1-30-19-9-10-20(22(15-19)33-16-17-6-3-2-4-7-17)25-26(29)24(27-28-25)18-8-11-21-23(14-18)32-13-5-12-31-21/h2-4,6-11,14-15,24,26-27,29H,5,12-13,16H2,1H3/t24-,26+/m1/s1. The van der Waals surface area contributed by atoms with Crippen LogP contribution >= 0.6 is 0 Å². The Morgan fingerprint density at radius 2 is 1.82 bits per heavy atom. The summed E-state index contributed by atoms with van der Waals surface area (Å²) in [6.45, 7) is 1.63. The largest absolute Gasteiger partial charge is 0.497 e. The van der Waals surface area contributed by atoms with Crippen molar-refractivity contribution in [3.05, 3.63) is 83.4 Å². The van der Waals surface area contributed by atoms with Gasteiger partial charge in [0.1, 0.15) is 36.0 Å². The molecule has 2 aliphatic rings. The van der Waals surface area contributed by atoms with Gasteiger partial charge in [0.05, 0.1) is 20.3 Å². The molecule has 2 aliphatic heterocycles. The first-order valence-electron chi connectivity index (χ1n) is 11.0. The number of hydrogen-bond acceptors (Lipinski definition) is 7. The van der Waals surface area contributed by atoms with Gasteiger partial charge in [-0.1, -0.05) is 36.4 Å². The highest BCUT2D eigenvalue weighted by atomic mass is 16.5. The summed E-state index contributed by atoms with van der Waals surface area (Å²) in [5.41, 5.74) is 6.21. The van der Waals surface area contributed by atoms with E-state index < -0.39 is 12.1 Å². The topological polar surface area (TPSA) is 81.5 Å². The maximum Gasteiger partial charge on any atom is 0.161 e. The highest BCUT2D eigenvalue weighted by Crippen LogP contribution is 2.36. The molecule has 0 saturated carbocycles.